The number of aromatic nitrogens is 2. The molecule has 0 amide bonds. The highest BCUT2D eigenvalue weighted by atomic mass is 35.5. The zero-order chi connectivity index (χ0) is 22.4. The fraction of sp³-hybridized carbons (Fsp3) is 0.150. The first-order chi connectivity index (χ1) is 14.8. The third-order valence-electron chi connectivity index (χ3n) is 4.32. The van der Waals surface area contributed by atoms with Crippen molar-refractivity contribution in [3.05, 3.63) is 97.7 Å². The summed E-state index contributed by atoms with van der Waals surface area (Å²) in [5, 5.41) is 16.3. The molecule has 1 unspecified atom stereocenters. The Kier molecular flexibility index (Phi) is 7.75. The van der Waals surface area contributed by atoms with Gasteiger partial charge in [0, 0.05) is 39.0 Å². The maximum atomic E-state index is 8.36. The van der Waals surface area contributed by atoms with E-state index in [0.717, 1.165) is 16.5 Å². The van der Waals surface area contributed by atoms with Crippen LogP contribution in [0.1, 0.15) is 17.2 Å². The largest absolute Gasteiger partial charge is 0.462 e. The molecule has 1 N–H and O–H groups in total. The second-order valence-corrected chi connectivity index (χ2v) is 7.59. The maximum Gasteiger partial charge on any atom is 0.291 e. The number of para-hydroxylation sites is 1. The predicted octanol–water partition coefficient (Wildman–Crippen LogP) is 6.20. The van der Waals surface area contributed by atoms with E-state index in [1.54, 1.807) is 37.0 Å². The monoisotopic (exact) mass is 483 g/mol. The van der Waals surface area contributed by atoms with Crippen molar-refractivity contribution in [2.75, 3.05) is 0 Å². The van der Waals surface area contributed by atoms with E-state index in [4.69, 9.17) is 59.3 Å². The summed E-state index contributed by atoms with van der Waals surface area (Å²) in [7, 11) is 0. The Hall–Kier alpha value is -2.78. The predicted molar refractivity (Wildman–Crippen MR) is 116 cm³/mol. The fourth-order valence-electron chi connectivity index (χ4n) is 2.97. The van der Waals surface area contributed by atoms with Crippen molar-refractivity contribution in [2.45, 2.75) is 19.3 Å². The Morgan fingerprint density at radius 1 is 1.23 bits per heavy atom. The molecule has 162 valence electrons. The van der Waals surface area contributed by atoms with E-state index < -0.39 is 5.09 Å². The van der Waals surface area contributed by atoms with Crippen LogP contribution in [0, 0.1) is 10.1 Å². The van der Waals surface area contributed by atoms with Gasteiger partial charge in [-0.1, -0.05) is 53.0 Å². The van der Waals surface area contributed by atoms with Crippen LogP contribution in [0.3, 0.4) is 0 Å². The maximum absolute atomic E-state index is 8.36. The minimum Gasteiger partial charge on any atom is -0.462 e. The molecule has 11 heteroatoms. The molecule has 0 radical (unpaired) electrons. The molecule has 2 aromatic carbocycles. The second-order valence-electron chi connectivity index (χ2n) is 6.34. The molecule has 0 aliphatic carbocycles. The summed E-state index contributed by atoms with van der Waals surface area (Å²) in [6, 6.07) is 11.1. The van der Waals surface area contributed by atoms with Gasteiger partial charge in [0.15, 0.2) is 5.58 Å². The minimum atomic E-state index is -1.50. The van der Waals surface area contributed by atoms with Crippen molar-refractivity contribution in [1.29, 1.82) is 0 Å². The van der Waals surface area contributed by atoms with Crippen LogP contribution in [0.2, 0.25) is 15.1 Å². The summed E-state index contributed by atoms with van der Waals surface area (Å²) in [5.41, 5.74) is 2.45. The lowest BCUT2D eigenvalue weighted by atomic mass is 10.1. The zero-order valence-corrected chi connectivity index (χ0v) is 18.1. The molecule has 0 aliphatic rings. The van der Waals surface area contributed by atoms with Gasteiger partial charge in [-0.2, -0.15) is 0 Å². The molecule has 4 rings (SSSR count). The molecule has 2 aromatic heterocycles. The number of hydrogen-bond donors (Lipinski definition) is 1. The number of imidazole rings is 1. The number of fused-ring (bicyclic) bond motifs is 1. The molecule has 0 saturated heterocycles. The van der Waals surface area contributed by atoms with Gasteiger partial charge in [-0.15, -0.1) is 10.1 Å². The quantitative estimate of drug-likeness (QED) is 0.258. The first-order valence-electron chi connectivity index (χ1n) is 8.85. The van der Waals surface area contributed by atoms with Crippen LogP contribution in [0.5, 0.6) is 0 Å². The summed E-state index contributed by atoms with van der Waals surface area (Å²) in [5.74, 6) is 0. The summed E-state index contributed by atoms with van der Waals surface area (Å²) < 4.78 is 13.8. The molecule has 2 heterocycles. The van der Waals surface area contributed by atoms with Crippen LogP contribution < -0.4 is 0 Å². The molecular formula is C20H16Cl3N3O5. The van der Waals surface area contributed by atoms with Gasteiger partial charge < -0.3 is 18.9 Å². The van der Waals surface area contributed by atoms with Crippen LogP contribution in [0.4, 0.5) is 0 Å². The van der Waals surface area contributed by atoms with Gasteiger partial charge in [0.2, 0.25) is 0 Å². The Bertz CT molecular complexity index is 1160. The van der Waals surface area contributed by atoms with Crippen LogP contribution in [-0.2, 0) is 17.9 Å². The summed E-state index contributed by atoms with van der Waals surface area (Å²) in [6.45, 7) is 0.920. The molecule has 0 spiro atoms. The average Bonchev–Trinajstić information content (AvgIpc) is 3.35. The Morgan fingerprint density at radius 3 is 2.68 bits per heavy atom. The third kappa shape index (κ3) is 6.11. The van der Waals surface area contributed by atoms with Gasteiger partial charge in [0.25, 0.3) is 5.09 Å². The summed E-state index contributed by atoms with van der Waals surface area (Å²) in [6.07, 6.45) is 6.74. The van der Waals surface area contributed by atoms with Gasteiger partial charge in [0.05, 0.1) is 30.8 Å². The molecule has 0 bridgehead atoms. The third-order valence-corrected chi connectivity index (χ3v) is 5.18. The number of furan rings is 1. The SMILES string of the molecule is Clc1ccc(C(Cn2ccnc2)OCc2coc3c(Cl)cccc23)c(Cl)c1.O=[N+]([O-])O. The number of nitrogens with zero attached hydrogens (tertiary/aromatic N) is 3. The van der Waals surface area contributed by atoms with Gasteiger partial charge in [0.1, 0.15) is 6.10 Å². The molecule has 1 atom stereocenters. The lowest BCUT2D eigenvalue weighted by Gasteiger charge is -2.20. The Labute approximate surface area is 191 Å². The van der Waals surface area contributed by atoms with Crippen molar-refractivity contribution in [3.8, 4) is 0 Å². The van der Waals surface area contributed by atoms with Crippen molar-refractivity contribution < 1.29 is 19.4 Å². The Morgan fingerprint density at radius 2 is 2.00 bits per heavy atom. The first-order valence-corrected chi connectivity index (χ1v) is 9.98. The van der Waals surface area contributed by atoms with E-state index in [1.165, 1.54) is 0 Å². The van der Waals surface area contributed by atoms with Crippen LogP contribution >= 0.6 is 34.8 Å². The first kappa shape index (κ1) is 22.9. The normalized spacial score (nSPS) is 11.7. The highest BCUT2D eigenvalue weighted by molar-refractivity contribution is 6.35. The van der Waals surface area contributed by atoms with Crippen molar-refractivity contribution in [1.82, 2.24) is 9.55 Å². The molecule has 31 heavy (non-hydrogen) atoms. The van der Waals surface area contributed by atoms with E-state index in [2.05, 4.69) is 4.98 Å². The van der Waals surface area contributed by atoms with E-state index in [-0.39, 0.29) is 6.10 Å². The molecule has 8 nitrogen and oxygen atoms in total. The smallest absolute Gasteiger partial charge is 0.291 e. The van der Waals surface area contributed by atoms with E-state index in [0.29, 0.717) is 33.8 Å². The van der Waals surface area contributed by atoms with Crippen molar-refractivity contribution in [2.24, 2.45) is 0 Å². The summed E-state index contributed by atoms with van der Waals surface area (Å²) >= 11 is 18.6. The zero-order valence-electron chi connectivity index (χ0n) is 15.8. The standard InChI is InChI=1S/C20H15Cl3N2O2.HNO3/c21-14-4-5-16(18(23)8-14)19(9-25-7-6-24-12-25)26-10-13-11-27-20-15(13)2-1-3-17(20)22;2-1(3)4/h1-8,11-12,19H,9-10H2;(H,2,3,4). The molecule has 0 aliphatic heterocycles. The number of ether oxygens (including phenoxy) is 1. The average molecular weight is 485 g/mol. The fourth-order valence-corrected chi connectivity index (χ4v) is 3.72. The second kappa shape index (κ2) is 10.5. The topological polar surface area (TPSA) is 104 Å². The lowest BCUT2D eigenvalue weighted by Crippen LogP contribution is -2.12. The summed E-state index contributed by atoms with van der Waals surface area (Å²) in [4.78, 5) is 12.5. The number of benzene rings is 2. The van der Waals surface area contributed by atoms with Crippen molar-refractivity contribution >= 4 is 45.8 Å². The number of halogens is 3. The molecule has 0 fully saturated rings. The molecular weight excluding hydrogens is 469 g/mol. The van der Waals surface area contributed by atoms with Crippen LogP contribution in [-0.4, -0.2) is 19.8 Å². The number of hydrogen-bond acceptors (Lipinski definition) is 5. The van der Waals surface area contributed by atoms with Crippen LogP contribution in [0.25, 0.3) is 11.0 Å². The van der Waals surface area contributed by atoms with Crippen LogP contribution in [0.15, 0.2) is 65.8 Å². The van der Waals surface area contributed by atoms with Gasteiger partial charge >= 0.3 is 0 Å². The Balaban J connectivity index is 0.000000628. The van der Waals surface area contributed by atoms with E-state index in [9.17, 15) is 0 Å². The van der Waals surface area contributed by atoms with E-state index in [1.807, 2.05) is 29.0 Å². The highest BCUT2D eigenvalue weighted by Gasteiger charge is 2.18. The molecule has 4 aromatic rings. The minimum absolute atomic E-state index is 0.284. The highest BCUT2D eigenvalue weighted by Crippen LogP contribution is 2.32. The van der Waals surface area contributed by atoms with Gasteiger partial charge in [-0.25, -0.2) is 4.98 Å². The number of rotatable bonds is 6. The van der Waals surface area contributed by atoms with E-state index >= 15 is 0 Å². The lowest BCUT2D eigenvalue weighted by molar-refractivity contribution is -0.742. The van der Waals surface area contributed by atoms with Crippen molar-refractivity contribution in [3.63, 3.8) is 0 Å². The molecule has 0 saturated carbocycles. The van der Waals surface area contributed by atoms with Gasteiger partial charge in [-0.05, 0) is 18.2 Å². The van der Waals surface area contributed by atoms with Gasteiger partial charge in [-0.3, -0.25) is 0 Å².